The molecule has 3 heteroatoms. The van der Waals surface area contributed by atoms with Crippen molar-refractivity contribution in [3.8, 4) is 0 Å². The topological polar surface area (TPSA) is 43.1 Å². The summed E-state index contributed by atoms with van der Waals surface area (Å²) in [5.41, 5.74) is 0.306. The Bertz CT molecular complexity index is 182. The van der Waals surface area contributed by atoms with E-state index in [0.717, 1.165) is 0 Å². The summed E-state index contributed by atoms with van der Waals surface area (Å²) in [5, 5.41) is 10.2. The lowest BCUT2D eigenvalue weighted by atomic mass is 10.0. The van der Waals surface area contributed by atoms with Gasteiger partial charge in [-0.15, -0.1) is 0 Å². The fourth-order valence-corrected chi connectivity index (χ4v) is 1.94. The summed E-state index contributed by atoms with van der Waals surface area (Å²) in [6, 6.07) is 0. The second-order valence-corrected chi connectivity index (χ2v) is 4.51. The van der Waals surface area contributed by atoms with Crippen LogP contribution in [-0.4, -0.2) is 11.5 Å². The molecule has 0 spiro atoms. The van der Waals surface area contributed by atoms with E-state index in [9.17, 15) is 10.1 Å². The third kappa shape index (κ3) is 1.03. The summed E-state index contributed by atoms with van der Waals surface area (Å²) < 4.78 is 0. The summed E-state index contributed by atoms with van der Waals surface area (Å²) in [7, 11) is 0. The average Bonchev–Trinajstić information content (AvgIpc) is 2.11. The summed E-state index contributed by atoms with van der Waals surface area (Å²) in [6.45, 7) is 8.52. The second kappa shape index (κ2) is 1.96. The Morgan fingerprint density at radius 1 is 1.27 bits per heavy atom. The molecule has 0 amide bonds. The van der Waals surface area contributed by atoms with E-state index in [0.29, 0.717) is 0 Å². The molecule has 0 atom stereocenters. The minimum absolute atomic E-state index is 0.125. The van der Waals surface area contributed by atoms with E-state index in [-0.39, 0.29) is 28.2 Å². The first kappa shape index (κ1) is 8.50. The largest absolute Gasteiger partial charge is 0.265 e. The van der Waals surface area contributed by atoms with Crippen LogP contribution in [0.2, 0.25) is 0 Å². The van der Waals surface area contributed by atoms with Gasteiger partial charge in [-0.25, -0.2) is 0 Å². The van der Waals surface area contributed by atoms with E-state index in [4.69, 9.17) is 0 Å². The fourth-order valence-electron chi connectivity index (χ4n) is 1.94. The first-order valence-corrected chi connectivity index (χ1v) is 3.92. The molecule has 11 heavy (non-hydrogen) atoms. The van der Waals surface area contributed by atoms with Gasteiger partial charge in [0.05, 0.1) is 0 Å². The fraction of sp³-hybridized carbons (Fsp3) is 1.00. The summed E-state index contributed by atoms with van der Waals surface area (Å²) in [4.78, 5) is 10.0. The maximum Gasteiger partial charge on any atom is 0.207 e. The Labute approximate surface area is 66.9 Å². The standard InChI is InChI=1S/C8H15NO2/c1-7(2)6(5-9(10)11)8(7,3)4/h6H,5H2,1-4H3. The van der Waals surface area contributed by atoms with Crippen molar-refractivity contribution in [1.82, 2.24) is 0 Å². The number of hydrogen-bond donors (Lipinski definition) is 0. The van der Waals surface area contributed by atoms with Crippen molar-refractivity contribution >= 4 is 0 Å². The van der Waals surface area contributed by atoms with Gasteiger partial charge in [-0.05, 0) is 10.8 Å². The molecule has 0 aliphatic heterocycles. The molecule has 0 heterocycles. The van der Waals surface area contributed by atoms with Crippen LogP contribution in [0, 0.1) is 26.9 Å². The Morgan fingerprint density at radius 2 is 1.64 bits per heavy atom. The first-order valence-electron chi connectivity index (χ1n) is 3.92. The van der Waals surface area contributed by atoms with Crippen LogP contribution in [0.25, 0.3) is 0 Å². The minimum Gasteiger partial charge on any atom is -0.265 e. The molecule has 0 unspecified atom stereocenters. The molecule has 3 nitrogen and oxygen atoms in total. The monoisotopic (exact) mass is 157 g/mol. The molecule has 1 rings (SSSR count). The summed E-state index contributed by atoms with van der Waals surface area (Å²) in [5.74, 6) is 0.255. The van der Waals surface area contributed by atoms with Gasteiger partial charge in [0.15, 0.2) is 0 Å². The molecule has 64 valence electrons. The van der Waals surface area contributed by atoms with Gasteiger partial charge in [-0.2, -0.15) is 0 Å². The molecule has 1 saturated carbocycles. The van der Waals surface area contributed by atoms with Crippen LogP contribution in [-0.2, 0) is 0 Å². The normalized spacial score (nSPS) is 26.5. The van der Waals surface area contributed by atoms with Crippen LogP contribution in [0.5, 0.6) is 0 Å². The molecule has 1 fully saturated rings. The zero-order valence-electron chi connectivity index (χ0n) is 7.55. The zero-order valence-corrected chi connectivity index (χ0v) is 7.55. The van der Waals surface area contributed by atoms with Crippen LogP contribution in [0.4, 0.5) is 0 Å². The SMILES string of the molecule is CC1(C)C(C[N+](=O)[O-])C1(C)C. The van der Waals surface area contributed by atoms with Gasteiger partial charge in [-0.3, -0.25) is 10.1 Å². The predicted octanol–water partition coefficient (Wildman–Crippen LogP) is 1.95. The van der Waals surface area contributed by atoms with Gasteiger partial charge in [0.2, 0.25) is 6.54 Å². The van der Waals surface area contributed by atoms with Crippen molar-refractivity contribution < 1.29 is 4.92 Å². The molecular weight excluding hydrogens is 142 g/mol. The van der Waals surface area contributed by atoms with Crippen molar-refractivity contribution in [1.29, 1.82) is 0 Å². The smallest absolute Gasteiger partial charge is 0.207 e. The van der Waals surface area contributed by atoms with Crippen molar-refractivity contribution in [2.24, 2.45) is 16.7 Å². The molecule has 0 bridgehead atoms. The number of hydrogen-bond acceptors (Lipinski definition) is 2. The van der Waals surface area contributed by atoms with Crippen LogP contribution >= 0.6 is 0 Å². The van der Waals surface area contributed by atoms with Gasteiger partial charge in [-0.1, -0.05) is 27.7 Å². The maximum absolute atomic E-state index is 10.2. The quantitative estimate of drug-likeness (QED) is 0.454. The van der Waals surface area contributed by atoms with E-state index in [2.05, 4.69) is 27.7 Å². The molecule has 0 aromatic heterocycles. The average molecular weight is 157 g/mol. The highest BCUT2D eigenvalue weighted by Crippen LogP contribution is 2.68. The molecule has 0 saturated heterocycles. The van der Waals surface area contributed by atoms with Crippen molar-refractivity contribution in [3.63, 3.8) is 0 Å². The number of rotatable bonds is 2. The van der Waals surface area contributed by atoms with E-state index < -0.39 is 0 Å². The van der Waals surface area contributed by atoms with Gasteiger partial charge < -0.3 is 0 Å². The highest BCUT2D eigenvalue weighted by atomic mass is 16.6. The lowest BCUT2D eigenvalue weighted by Gasteiger charge is -2.03. The Morgan fingerprint density at radius 3 is 1.73 bits per heavy atom. The van der Waals surface area contributed by atoms with Crippen LogP contribution < -0.4 is 0 Å². The lowest BCUT2D eigenvalue weighted by Crippen LogP contribution is -2.07. The highest BCUT2D eigenvalue weighted by molar-refractivity contribution is 5.11. The van der Waals surface area contributed by atoms with Crippen LogP contribution in [0.1, 0.15) is 27.7 Å². The summed E-state index contributed by atoms with van der Waals surface area (Å²) >= 11 is 0. The minimum atomic E-state index is -0.207. The molecule has 1 aliphatic carbocycles. The zero-order chi connectivity index (χ0) is 8.86. The molecular formula is C8H15NO2. The first-order chi connectivity index (χ1) is 4.80. The van der Waals surface area contributed by atoms with Crippen molar-refractivity contribution in [2.75, 3.05) is 6.54 Å². The molecule has 0 N–H and O–H groups in total. The third-order valence-electron chi connectivity index (χ3n) is 3.65. The van der Waals surface area contributed by atoms with Gasteiger partial charge in [0, 0.05) is 10.8 Å². The Hall–Kier alpha value is -0.600. The van der Waals surface area contributed by atoms with Gasteiger partial charge in [0.1, 0.15) is 0 Å². The number of nitrogens with zero attached hydrogens (tertiary/aromatic N) is 1. The highest BCUT2D eigenvalue weighted by Gasteiger charge is 2.66. The van der Waals surface area contributed by atoms with Gasteiger partial charge >= 0.3 is 0 Å². The van der Waals surface area contributed by atoms with E-state index in [1.165, 1.54) is 0 Å². The number of nitro groups is 1. The second-order valence-electron chi connectivity index (χ2n) is 4.51. The van der Waals surface area contributed by atoms with Crippen LogP contribution in [0.15, 0.2) is 0 Å². The van der Waals surface area contributed by atoms with Crippen molar-refractivity contribution in [3.05, 3.63) is 10.1 Å². The molecule has 0 aromatic rings. The van der Waals surface area contributed by atoms with Crippen LogP contribution in [0.3, 0.4) is 0 Å². The van der Waals surface area contributed by atoms with Gasteiger partial charge in [0.25, 0.3) is 0 Å². The third-order valence-corrected chi connectivity index (χ3v) is 3.65. The molecule has 1 aliphatic rings. The maximum atomic E-state index is 10.2. The predicted molar refractivity (Wildman–Crippen MR) is 42.9 cm³/mol. The van der Waals surface area contributed by atoms with E-state index in [1.807, 2.05) is 0 Å². The van der Waals surface area contributed by atoms with E-state index in [1.54, 1.807) is 0 Å². The lowest BCUT2D eigenvalue weighted by molar-refractivity contribution is -0.485. The Kier molecular flexibility index (Phi) is 1.51. The van der Waals surface area contributed by atoms with E-state index >= 15 is 0 Å². The van der Waals surface area contributed by atoms with Crippen molar-refractivity contribution in [2.45, 2.75) is 27.7 Å². The summed E-state index contributed by atoms with van der Waals surface area (Å²) in [6.07, 6.45) is 0. The molecule has 0 radical (unpaired) electrons. The Balaban J connectivity index is 2.61. The molecule has 0 aromatic carbocycles.